The first-order chi connectivity index (χ1) is 12.7. The lowest BCUT2D eigenvalue weighted by molar-refractivity contribution is 0.357. The van der Waals surface area contributed by atoms with Crippen LogP contribution in [0.5, 0.6) is 11.5 Å². The molecule has 2 aromatic rings. The summed E-state index contributed by atoms with van der Waals surface area (Å²) >= 11 is 6.83. The smallest absolute Gasteiger partial charge is 0.328 e. The number of thiocarbonyl (C=S) groups is 1. The number of benzene rings is 2. The van der Waals surface area contributed by atoms with Crippen LogP contribution in [0.15, 0.2) is 54.6 Å². The second-order valence-electron chi connectivity index (χ2n) is 6.43. The molecule has 0 radical (unpaired) electrons. The Morgan fingerprint density at radius 2 is 1.78 bits per heavy atom. The molecule has 0 saturated carbocycles. The third kappa shape index (κ3) is 6.94. The predicted molar refractivity (Wildman–Crippen MR) is 116 cm³/mol. The van der Waals surface area contributed by atoms with Crippen LogP contribution in [0.3, 0.4) is 0 Å². The van der Waals surface area contributed by atoms with Crippen LogP contribution in [0.25, 0.3) is 0 Å². The number of hydrogen-bond donors (Lipinski definition) is 2. The van der Waals surface area contributed by atoms with Crippen LogP contribution in [-0.2, 0) is 4.57 Å². The first-order valence-electron chi connectivity index (χ1n) is 8.43. The molecule has 0 aromatic heterocycles. The van der Waals surface area contributed by atoms with Crippen LogP contribution >= 0.6 is 31.6 Å². The van der Waals surface area contributed by atoms with Gasteiger partial charge in [-0.1, -0.05) is 61.2 Å². The summed E-state index contributed by atoms with van der Waals surface area (Å²) in [4.78, 5) is 20.8. The van der Waals surface area contributed by atoms with Gasteiger partial charge in [-0.3, -0.25) is 4.57 Å². The number of thioether (sulfide) groups is 1. The van der Waals surface area contributed by atoms with Gasteiger partial charge in [0.1, 0.15) is 15.8 Å². The lowest BCUT2D eigenvalue weighted by atomic mass is 10.1. The van der Waals surface area contributed by atoms with E-state index in [4.69, 9.17) is 17.0 Å². The molecule has 0 fully saturated rings. The van der Waals surface area contributed by atoms with Gasteiger partial charge in [-0.05, 0) is 36.2 Å². The highest BCUT2D eigenvalue weighted by atomic mass is 32.2. The Morgan fingerprint density at radius 1 is 1.15 bits per heavy atom. The van der Waals surface area contributed by atoms with Crippen LogP contribution in [-0.4, -0.2) is 38.8 Å². The van der Waals surface area contributed by atoms with Crippen molar-refractivity contribution in [3.8, 4) is 11.5 Å². The molecule has 5 nitrogen and oxygen atoms in total. The molecule has 0 aliphatic rings. The van der Waals surface area contributed by atoms with Crippen molar-refractivity contribution >= 4 is 35.9 Å². The van der Waals surface area contributed by atoms with Crippen molar-refractivity contribution in [3.05, 3.63) is 60.2 Å². The van der Waals surface area contributed by atoms with E-state index in [0.717, 1.165) is 11.3 Å². The minimum Gasteiger partial charge on any atom is -0.457 e. The Balaban J connectivity index is 2.26. The maximum Gasteiger partial charge on any atom is 0.328 e. The number of ether oxygens (including phenoxy) is 1. The van der Waals surface area contributed by atoms with E-state index in [1.807, 2.05) is 73.6 Å². The fourth-order valence-electron chi connectivity index (χ4n) is 2.33. The van der Waals surface area contributed by atoms with Crippen molar-refractivity contribution in [2.24, 2.45) is 0 Å². The Morgan fingerprint density at radius 3 is 2.37 bits per heavy atom. The van der Waals surface area contributed by atoms with E-state index in [2.05, 4.69) is 0 Å². The molecule has 27 heavy (non-hydrogen) atoms. The molecule has 2 aromatic carbocycles. The molecule has 2 rings (SSSR count). The van der Waals surface area contributed by atoms with Crippen LogP contribution in [0, 0.1) is 0 Å². The van der Waals surface area contributed by atoms with Gasteiger partial charge in [0.2, 0.25) is 0 Å². The molecule has 2 N–H and O–H groups in total. The fraction of sp³-hybridized carbons (Fsp3) is 0.316. The summed E-state index contributed by atoms with van der Waals surface area (Å²) in [6.45, 7) is 1.57. The third-order valence-corrected chi connectivity index (χ3v) is 7.28. The van der Waals surface area contributed by atoms with Crippen molar-refractivity contribution in [2.75, 3.05) is 14.1 Å². The first-order valence-corrected chi connectivity index (χ1v) is 11.4. The van der Waals surface area contributed by atoms with E-state index in [-0.39, 0.29) is 5.25 Å². The van der Waals surface area contributed by atoms with Gasteiger partial charge in [-0.15, -0.1) is 0 Å². The van der Waals surface area contributed by atoms with Crippen LogP contribution in [0.2, 0.25) is 0 Å². The van der Waals surface area contributed by atoms with Gasteiger partial charge >= 0.3 is 7.60 Å². The van der Waals surface area contributed by atoms with Crippen molar-refractivity contribution in [1.29, 1.82) is 0 Å². The lowest BCUT2D eigenvalue weighted by Crippen LogP contribution is -2.19. The number of nitrogens with zero attached hydrogens (tertiary/aromatic N) is 1. The van der Waals surface area contributed by atoms with E-state index in [1.165, 1.54) is 11.8 Å². The molecule has 0 saturated heterocycles. The second-order valence-corrected chi connectivity index (χ2v) is 10.3. The second kappa shape index (κ2) is 9.71. The van der Waals surface area contributed by atoms with E-state index >= 15 is 0 Å². The van der Waals surface area contributed by atoms with Crippen LogP contribution in [0.4, 0.5) is 0 Å². The summed E-state index contributed by atoms with van der Waals surface area (Å²) in [5.74, 6) is 1.40. The monoisotopic (exact) mass is 425 g/mol. The molecule has 0 aliphatic carbocycles. The zero-order valence-corrected chi connectivity index (χ0v) is 18.0. The molecule has 146 valence electrons. The minimum absolute atomic E-state index is 0.193. The highest BCUT2D eigenvalue weighted by molar-refractivity contribution is 8.23. The molecular formula is C19H24NO4PS2. The highest BCUT2D eigenvalue weighted by Gasteiger charge is 2.29. The summed E-state index contributed by atoms with van der Waals surface area (Å²) in [6.07, 6.45) is 0.303. The number of hydrogen-bond acceptors (Lipinski definition) is 4. The number of rotatable bonds is 7. The third-order valence-electron chi connectivity index (χ3n) is 3.95. The molecule has 0 spiro atoms. The average molecular weight is 426 g/mol. The molecule has 0 aliphatic heterocycles. The highest BCUT2D eigenvalue weighted by Crippen LogP contribution is 2.48. The summed E-state index contributed by atoms with van der Waals surface area (Å²) in [5.41, 5.74) is 0.150. The Labute approximate surface area is 169 Å². The Hall–Kier alpha value is -1.37. The van der Waals surface area contributed by atoms with Crippen LogP contribution < -0.4 is 4.74 Å². The summed E-state index contributed by atoms with van der Waals surface area (Å²) in [7, 11) is -0.456. The number of para-hydroxylation sites is 1. The van der Waals surface area contributed by atoms with E-state index in [0.29, 0.717) is 16.5 Å². The predicted octanol–water partition coefficient (Wildman–Crippen LogP) is 5.06. The zero-order chi connectivity index (χ0) is 20.0. The molecule has 2 atom stereocenters. The quantitative estimate of drug-likeness (QED) is 0.475. The van der Waals surface area contributed by atoms with E-state index < -0.39 is 13.3 Å². The maximum atomic E-state index is 11.6. The standard InChI is InChI=1S/C19H24NO4PS2/c1-14(25(21,22)23)12-18(27-19(26)20(2)3)15-8-7-11-17(13-15)24-16-9-5-4-6-10-16/h4-11,13-14,18H,12H2,1-3H3,(H2,21,22,23). The van der Waals surface area contributed by atoms with E-state index in [9.17, 15) is 14.4 Å². The van der Waals surface area contributed by atoms with Gasteiger partial charge < -0.3 is 19.4 Å². The van der Waals surface area contributed by atoms with Gasteiger partial charge in [-0.2, -0.15) is 0 Å². The van der Waals surface area contributed by atoms with Crippen molar-refractivity contribution in [3.63, 3.8) is 0 Å². The Kier molecular flexibility index (Phi) is 7.89. The normalized spacial score (nSPS) is 13.7. The zero-order valence-electron chi connectivity index (χ0n) is 15.5. The summed E-state index contributed by atoms with van der Waals surface area (Å²) in [6, 6.07) is 17.0. The van der Waals surface area contributed by atoms with Crippen LogP contribution in [0.1, 0.15) is 24.2 Å². The SMILES string of the molecule is CC(CC(SC(=S)N(C)C)c1cccc(Oc2ccccc2)c1)P(=O)(O)O. The summed E-state index contributed by atoms with van der Waals surface area (Å²) < 4.78 is 18.2. The molecule has 0 heterocycles. The maximum absolute atomic E-state index is 11.6. The van der Waals surface area contributed by atoms with Crippen molar-refractivity contribution in [2.45, 2.75) is 24.3 Å². The fourth-order valence-corrected chi connectivity index (χ4v) is 4.43. The van der Waals surface area contributed by atoms with Gasteiger partial charge in [-0.25, -0.2) is 0 Å². The van der Waals surface area contributed by atoms with Gasteiger partial charge in [0.25, 0.3) is 0 Å². The van der Waals surface area contributed by atoms with E-state index in [1.54, 1.807) is 6.92 Å². The van der Waals surface area contributed by atoms with Gasteiger partial charge in [0, 0.05) is 19.3 Å². The molecule has 8 heteroatoms. The summed E-state index contributed by atoms with van der Waals surface area (Å²) in [5, 5.41) is -0.193. The Bertz CT molecular complexity index is 810. The van der Waals surface area contributed by atoms with Crippen molar-refractivity contribution in [1.82, 2.24) is 4.90 Å². The lowest BCUT2D eigenvalue weighted by Gasteiger charge is -2.24. The molecular weight excluding hydrogens is 401 g/mol. The molecule has 2 unspecified atom stereocenters. The largest absolute Gasteiger partial charge is 0.457 e. The van der Waals surface area contributed by atoms with Crippen molar-refractivity contribution < 1.29 is 19.1 Å². The first kappa shape index (κ1) is 21.9. The minimum atomic E-state index is -4.17. The molecule has 0 amide bonds. The molecule has 0 bridgehead atoms. The average Bonchev–Trinajstić information content (AvgIpc) is 2.61. The van der Waals surface area contributed by atoms with Gasteiger partial charge in [0.15, 0.2) is 0 Å². The van der Waals surface area contributed by atoms with Gasteiger partial charge in [0.05, 0.1) is 5.66 Å². The topological polar surface area (TPSA) is 70.0 Å².